The van der Waals surface area contributed by atoms with E-state index in [9.17, 15) is 9.59 Å². The third-order valence-corrected chi connectivity index (χ3v) is 2.79. The van der Waals surface area contributed by atoms with Crippen LogP contribution >= 0.6 is 0 Å². The van der Waals surface area contributed by atoms with Crippen LogP contribution in [0.2, 0.25) is 0 Å². The second kappa shape index (κ2) is 6.42. The number of ether oxygens (including phenoxy) is 2. The minimum atomic E-state index is -0.659. The number of rotatable bonds is 1. The first-order chi connectivity index (χ1) is 9.28. The Bertz CT molecular complexity index is 469. The van der Waals surface area contributed by atoms with Gasteiger partial charge in [0.25, 0.3) is 0 Å². The molecule has 0 aromatic heterocycles. The predicted octanol–water partition coefficient (Wildman–Crippen LogP) is 2.01. The van der Waals surface area contributed by atoms with E-state index in [0.29, 0.717) is 25.0 Å². The molecule has 0 radical (unpaired) electrons. The van der Waals surface area contributed by atoms with Crippen molar-refractivity contribution < 1.29 is 19.1 Å². The zero-order chi connectivity index (χ0) is 15.3. The number of likely N-dealkylation sites (tertiary alicyclic amines) is 1. The number of methoxy groups -OCH3 is 1. The zero-order valence-electron chi connectivity index (χ0n) is 12.4. The van der Waals surface area contributed by atoms with E-state index in [-0.39, 0.29) is 12.1 Å². The van der Waals surface area contributed by atoms with Crippen LogP contribution in [0.3, 0.4) is 0 Å². The highest BCUT2D eigenvalue weighted by atomic mass is 16.6. The number of amides is 1. The van der Waals surface area contributed by atoms with Crippen molar-refractivity contribution in [2.75, 3.05) is 20.2 Å². The average Bonchev–Trinajstić information content (AvgIpc) is 2.37. The first-order valence-corrected chi connectivity index (χ1v) is 6.47. The van der Waals surface area contributed by atoms with Gasteiger partial charge in [0.05, 0.1) is 7.11 Å². The van der Waals surface area contributed by atoms with Gasteiger partial charge < -0.3 is 14.4 Å². The first-order valence-electron chi connectivity index (χ1n) is 6.47. The van der Waals surface area contributed by atoms with Crippen molar-refractivity contribution in [2.45, 2.75) is 39.2 Å². The molecule has 0 atom stereocenters. The highest BCUT2D eigenvalue weighted by molar-refractivity contribution is 5.93. The number of carbonyl (C=O) groups excluding carboxylic acids is 2. The van der Waals surface area contributed by atoms with Gasteiger partial charge in [-0.3, -0.25) is 0 Å². The number of nitriles is 1. The van der Waals surface area contributed by atoms with Gasteiger partial charge >= 0.3 is 12.1 Å². The van der Waals surface area contributed by atoms with Crippen molar-refractivity contribution in [3.63, 3.8) is 0 Å². The topological polar surface area (TPSA) is 79.6 Å². The van der Waals surface area contributed by atoms with Gasteiger partial charge in [-0.1, -0.05) is 0 Å². The Kier molecular flexibility index (Phi) is 5.14. The Labute approximate surface area is 118 Å². The van der Waals surface area contributed by atoms with Crippen LogP contribution in [0.15, 0.2) is 11.1 Å². The SMILES string of the molecule is COC(=O)/C(C#N)=C1/CCCN(C(=O)OC(C)(C)C)C1. The van der Waals surface area contributed by atoms with Crippen molar-refractivity contribution in [1.82, 2.24) is 4.90 Å². The van der Waals surface area contributed by atoms with Crippen molar-refractivity contribution in [3.05, 3.63) is 11.1 Å². The van der Waals surface area contributed by atoms with Crippen LogP contribution in [-0.2, 0) is 14.3 Å². The molecule has 110 valence electrons. The molecule has 1 aliphatic rings. The van der Waals surface area contributed by atoms with Gasteiger partial charge in [0, 0.05) is 13.1 Å². The van der Waals surface area contributed by atoms with Gasteiger partial charge in [0.1, 0.15) is 17.2 Å². The maximum atomic E-state index is 12.0. The fourth-order valence-electron chi connectivity index (χ4n) is 1.93. The first kappa shape index (κ1) is 16.0. The molecule has 6 nitrogen and oxygen atoms in total. The molecule has 20 heavy (non-hydrogen) atoms. The van der Waals surface area contributed by atoms with E-state index in [1.54, 1.807) is 20.8 Å². The standard InChI is InChI=1S/C14H20N2O4/c1-14(2,3)20-13(18)16-7-5-6-10(9-16)11(8-15)12(17)19-4/h5-7,9H2,1-4H3/b11-10-. The lowest BCUT2D eigenvalue weighted by molar-refractivity contribution is -0.135. The molecule has 1 aliphatic heterocycles. The van der Waals surface area contributed by atoms with E-state index < -0.39 is 17.7 Å². The van der Waals surface area contributed by atoms with Gasteiger partial charge in [-0.25, -0.2) is 9.59 Å². The monoisotopic (exact) mass is 280 g/mol. The molecular formula is C14H20N2O4. The summed E-state index contributed by atoms with van der Waals surface area (Å²) >= 11 is 0. The van der Waals surface area contributed by atoms with Crippen LogP contribution < -0.4 is 0 Å². The number of hydrogen-bond donors (Lipinski definition) is 0. The predicted molar refractivity (Wildman–Crippen MR) is 71.7 cm³/mol. The zero-order valence-corrected chi connectivity index (χ0v) is 12.4. The number of hydrogen-bond acceptors (Lipinski definition) is 5. The van der Waals surface area contributed by atoms with Crippen LogP contribution in [-0.4, -0.2) is 42.8 Å². The highest BCUT2D eigenvalue weighted by Crippen LogP contribution is 2.21. The lowest BCUT2D eigenvalue weighted by atomic mass is 10.00. The van der Waals surface area contributed by atoms with Crippen LogP contribution in [0, 0.1) is 11.3 Å². The average molecular weight is 280 g/mol. The lowest BCUT2D eigenvalue weighted by Crippen LogP contribution is -2.41. The molecular weight excluding hydrogens is 260 g/mol. The Morgan fingerprint density at radius 3 is 2.50 bits per heavy atom. The number of nitrogens with zero attached hydrogens (tertiary/aromatic N) is 2. The molecule has 6 heteroatoms. The molecule has 0 aliphatic carbocycles. The van der Waals surface area contributed by atoms with Gasteiger partial charge in [-0.05, 0) is 39.2 Å². The maximum Gasteiger partial charge on any atom is 0.410 e. The summed E-state index contributed by atoms with van der Waals surface area (Å²) in [5, 5.41) is 9.05. The van der Waals surface area contributed by atoms with E-state index in [0.717, 1.165) is 0 Å². The highest BCUT2D eigenvalue weighted by Gasteiger charge is 2.27. The minimum Gasteiger partial charge on any atom is -0.465 e. The van der Waals surface area contributed by atoms with E-state index in [2.05, 4.69) is 4.74 Å². The summed E-state index contributed by atoms with van der Waals surface area (Å²) in [6.07, 6.45) is 0.866. The Balaban J connectivity index is 2.86. The molecule has 0 aromatic rings. The van der Waals surface area contributed by atoms with Gasteiger partial charge in [0.15, 0.2) is 0 Å². The van der Waals surface area contributed by atoms with Crippen LogP contribution in [0.4, 0.5) is 4.79 Å². The van der Waals surface area contributed by atoms with E-state index >= 15 is 0 Å². The van der Waals surface area contributed by atoms with Crippen LogP contribution in [0.5, 0.6) is 0 Å². The smallest absolute Gasteiger partial charge is 0.410 e. The van der Waals surface area contributed by atoms with Gasteiger partial charge in [-0.2, -0.15) is 5.26 Å². The number of piperidine rings is 1. The summed E-state index contributed by atoms with van der Waals surface area (Å²) in [4.78, 5) is 25.0. The summed E-state index contributed by atoms with van der Waals surface area (Å²) in [5.41, 5.74) is 0.0379. The Morgan fingerprint density at radius 2 is 2.00 bits per heavy atom. The molecule has 0 unspecified atom stereocenters. The van der Waals surface area contributed by atoms with E-state index in [1.807, 2.05) is 6.07 Å². The molecule has 0 spiro atoms. The molecule has 0 N–H and O–H groups in total. The molecule has 1 amide bonds. The van der Waals surface area contributed by atoms with E-state index in [1.165, 1.54) is 12.0 Å². The quantitative estimate of drug-likeness (QED) is 0.417. The largest absolute Gasteiger partial charge is 0.465 e. The second-order valence-electron chi connectivity index (χ2n) is 5.59. The maximum absolute atomic E-state index is 12.0. The molecule has 1 heterocycles. The fourth-order valence-corrected chi connectivity index (χ4v) is 1.93. The molecule has 1 fully saturated rings. The third-order valence-electron chi connectivity index (χ3n) is 2.79. The van der Waals surface area contributed by atoms with Crippen molar-refractivity contribution in [2.24, 2.45) is 0 Å². The number of esters is 1. The van der Waals surface area contributed by atoms with Gasteiger partial charge in [0.2, 0.25) is 0 Å². The minimum absolute atomic E-state index is 0.0132. The summed E-state index contributed by atoms with van der Waals surface area (Å²) < 4.78 is 9.87. The summed E-state index contributed by atoms with van der Waals surface area (Å²) in [6.45, 7) is 6.16. The van der Waals surface area contributed by atoms with Crippen molar-refractivity contribution in [3.8, 4) is 6.07 Å². The molecule has 1 rings (SSSR count). The molecule has 1 saturated heterocycles. The summed E-state index contributed by atoms with van der Waals surface area (Å²) in [7, 11) is 1.23. The second-order valence-corrected chi connectivity index (χ2v) is 5.59. The fraction of sp³-hybridized carbons (Fsp3) is 0.643. The lowest BCUT2D eigenvalue weighted by Gasteiger charge is -2.31. The van der Waals surface area contributed by atoms with Crippen molar-refractivity contribution in [1.29, 1.82) is 5.26 Å². The molecule has 0 saturated carbocycles. The van der Waals surface area contributed by atoms with E-state index in [4.69, 9.17) is 10.00 Å². The summed E-state index contributed by atoms with van der Waals surface area (Å²) in [6, 6.07) is 1.86. The normalized spacial score (nSPS) is 18.1. The molecule has 0 aromatic carbocycles. The van der Waals surface area contributed by atoms with Crippen LogP contribution in [0.1, 0.15) is 33.6 Å². The van der Waals surface area contributed by atoms with Gasteiger partial charge in [-0.15, -0.1) is 0 Å². The number of carbonyl (C=O) groups is 2. The third kappa shape index (κ3) is 4.26. The Hall–Kier alpha value is -2.03. The summed E-state index contributed by atoms with van der Waals surface area (Å²) in [5.74, 6) is -0.659. The van der Waals surface area contributed by atoms with Crippen LogP contribution in [0.25, 0.3) is 0 Å². The molecule has 0 bridgehead atoms. The Morgan fingerprint density at radius 1 is 1.35 bits per heavy atom. The van der Waals surface area contributed by atoms with Crippen molar-refractivity contribution >= 4 is 12.1 Å².